The molecule has 2 aromatic rings. The van der Waals surface area contributed by atoms with E-state index in [4.69, 9.17) is 4.99 Å². The topological polar surface area (TPSA) is 100 Å². The van der Waals surface area contributed by atoms with Gasteiger partial charge in [-0.1, -0.05) is 61.9 Å². The lowest BCUT2D eigenvalue weighted by molar-refractivity contribution is -0.384. The van der Waals surface area contributed by atoms with E-state index in [1.165, 1.54) is 23.9 Å². The number of rotatable bonds is 6. The average molecular weight is 423 g/mol. The van der Waals surface area contributed by atoms with E-state index in [1.54, 1.807) is 17.1 Å². The number of benzene rings is 2. The minimum Gasteiger partial charge on any atom is -0.298 e. The zero-order valence-electron chi connectivity index (χ0n) is 16.4. The molecule has 1 amide bonds. The molecule has 4 rings (SSSR count). The molecule has 0 radical (unpaired) electrons. The largest absolute Gasteiger partial charge is 0.298 e. The number of thioether (sulfide) groups is 1. The van der Waals surface area contributed by atoms with Crippen molar-refractivity contribution in [2.45, 2.75) is 32.4 Å². The van der Waals surface area contributed by atoms with Crippen molar-refractivity contribution in [1.29, 1.82) is 0 Å². The van der Waals surface area contributed by atoms with Crippen LogP contribution in [0.4, 0.5) is 5.69 Å². The third-order valence-electron chi connectivity index (χ3n) is 4.88. The summed E-state index contributed by atoms with van der Waals surface area (Å²) < 4.78 is 0. The van der Waals surface area contributed by atoms with Gasteiger partial charge in [0.2, 0.25) is 0 Å². The van der Waals surface area contributed by atoms with Crippen LogP contribution in [0.5, 0.6) is 0 Å². The highest BCUT2D eigenvalue weighted by molar-refractivity contribution is 8.13. The molecule has 0 saturated carbocycles. The summed E-state index contributed by atoms with van der Waals surface area (Å²) in [7, 11) is 0. The first kappa shape index (κ1) is 20.1. The van der Waals surface area contributed by atoms with Gasteiger partial charge in [-0.05, 0) is 12.5 Å². The Hall–Kier alpha value is -3.20. The van der Waals surface area contributed by atoms with Crippen molar-refractivity contribution in [3.8, 4) is 0 Å². The summed E-state index contributed by atoms with van der Waals surface area (Å²) in [4.78, 5) is 28.6. The molecule has 1 N–H and O–H groups in total. The molecule has 30 heavy (non-hydrogen) atoms. The average Bonchev–Trinajstić information content (AvgIpc) is 2.76. The number of hydrazone groups is 1. The fourth-order valence-electron chi connectivity index (χ4n) is 3.43. The van der Waals surface area contributed by atoms with Crippen molar-refractivity contribution in [3.05, 3.63) is 74.8 Å². The zero-order chi connectivity index (χ0) is 21.1. The van der Waals surface area contributed by atoms with Crippen LogP contribution in [0.25, 0.3) is 5.70 Å². The number of nitro benzene ring substituents is 1. The van der Waals surface area contributed by atoms with Gasteiger partial charge in [0, 0.05) is 28.7 Å². The molecular formula is C21H21N5O3S. The van der Waals surface area contributed by atoms with Crippen LogP contribution in [0, 0.1) is 10.1 Å². The second-order valence-electron chi connectivity index (χ2n) is 6.98. The summed E-state index contributed by atoms with van der Waals surface area (Å²) in [5, 5.41) is 22.2. The molecule has 2 aromatic carbocycles. The second kappa shape index (κ2) is 8.66. The molecule has 0 bridgehead atoms. The van der Waals surface area contributed by atoms with Gasteiger partial charge < -0.3 is 0 Å². The molecule has 0 saturated heterocycles. The number of non-ortho nitro benzene ring substituents is 1. The van der Waals surface area contributed by atoms with Crippen LogP contribution in [0.1, 0.15) is 37.9 Å². The van der Waals surface area contributed by atoms with Gasteiger partial charge in [-0.3, -0.25) is 25.2 Å². The molecule has 8 nitrogen and oxygen atoms in total. The monoisotopic (exact) mass is 423 g/mol. The Morgan fingerprint density at radius 2 is 2.03 bits per heavy atom. The summed E-state index contributed by atoms with van der Waals surface area (Å²) in [5.41, 5.74) is 0.975. The smallest absolute Gasteiger partial charge is 0.276 e. The minimum atomic E-state index is -0.660. The Kier molecular flexibility index (Phi) is 5.80. The van der Waals surface area contributed by atoms with E-state index in [2.05, 4.69) is 17.3 Å². The molecule has 9 heteroatoms. The van der Waals surface area contributed by atoms with Gasteiger partial charge >= 0.3 is 0 Å². The third kappa shape index (κ3) is 3.93. The maximum atomic E-state index is 13.0. The van der Waals surface area contributed by atoms with Crippen LogP contribution in [0.15, 0.2) is 58.6 Å². The Morgan fingerprint density at radius 1 is 1.20 bits per heavy atom. The molecule has 154 valence electrons. The van der Waals surface area contributed by atoms with E-state index < -0.39 is 11.1 Å². The van der Waals surface area contributed by atoms with Crippen LogP contribution >= 0.6 is 11.8 Å². The molecule has 1 atom stereocenters. The van der Waals surface area contributed by atoms with Crippen molar-refractivity contribution in [3.63, 3.8) is 0 Å². The fraction of sp³-hybridized carbons (Fsp3) is 0.286. The maximum absolute atomic E-state index is 13.0. The van der Waals surface area contributed by atoms with E-state index in [0.29, 0.717) is 27.0 Å². The van der Waals surface area contributed by atoms with Crippen LogP contribution in [0.2, 0.25) is 0 Å². The Bertz CT molecular complexity index is 1150. The molecule has 0 spiro atoms. The van der Waals surface area contributed by atoms with Crippen molar-refractivity contribution in [1.82, 2.24) is 10.3 Å². The van der Waals surface area contributed by atoms with Gasteiger partial charge in [-0.25, -0.2) is 5.01 Å². The summed E-state index contributed by atoms with van der Waals surface area (Å²) in [5.74, 6) is 0.603. The van der Waals surface area contributed by atoms with Crippen molar-refractivity contribution < 1.29 is 9.72 Å². The standard InChI is InChI=1S/C21H21N5O3S/c1-2-3-6-12-30-21-23-20(27)18-16-10-4-5-11-17(16)22-19(25(18)24-21)14-8-7-9-15(13-14)26(28)29/h4-5,7-11,13,19H,2-3,6,12H2,1H3,(H,23,24,27)/t19-/m1/s1. The van der Waals surface area contributed by atoms with Gasteiger partial charge in [0.05, 0.1) is 10.3 Å². The second-order valence-corrected chi connectivity index (χ2v) is 8.06. The van der Waals surface area contributed by atoms with Crippen molar-refractivity contribution >= 4 is 34.2 Å². The van der Waals surface area contributed by atoms with Crippen LogP contribution in [0.3, 0.4) is 0 Å². The summed E-state index contributed by atoms with van der Waals surface area (Å²) in [6.45, 7) is 2.14. The number of nitrogens with zero attached hydrogens (tertiary/aromatic N) is 4. The van der Waals surface area contributed by atoms with E-state index in [-0.39, 0.29) is 11.6 Å². The normalized spacial score (nSPS) is 17.4. The molecule has 2 aliphatic rings. The number of unbranched alkanes of at least 4 members (excludes halogenated alkanes) is 2. The molecule has 0 aromatic heterocycles. The van der Waals surface area contributed by atoms with Gasteiger partial charge in [0.25, 0.3) is 11.6 Å². The fourth-order valence-corrected chi connectivity index (χ4v) is 4.28. The quantitative estimate of drug-likeness (QED) is 0.437. The molecule has 0 aliphatic carbocycles. The molecular weight excluding hydrogens is 402 g/mol. The number of hydrogen-bond acceptors (Lipinski definition) is 7. The molecule has 0 fully saturated rings. The maximum Gasteiger partial charge on any atom is 0.276 e. The number of fused-ring (bicyclic) bond motifs is 2. The zero-order valence-corrected chi connectivity index (χ0v) is 17.3. The number of nitro groups is 1. The van der Waals surface area contributed by atoms with E-state index in [9.17, 15) is 14.9 Å². The van der Waals surface area contributed by atoms with E-state index in [1.807, 2.05) is 24.3 Å². The Balaban J connectivity index is 1.79. The SMILES string of the molecule is CCCCCSC1=NN2C(=c3ccccc3=N[C@H]2c2cccc([N+](=O)[O-])c2)C(=O)N1. The van der Waals surface area contributed by atoms with Gasteiger partial charge in [0.15, 0.2) is 11.3 Å². The predicted molar refractivity (Wildman–Crippen MR) is 116 cm³/mol. The third-order valence-corrected chi connectivity index (χ3v) is 5.83. The highest BCUT2D eigenvalue weighted by Gasteiger charge is 2.34. The van der Waals surface area contributed by atoms with Crippen LogP contribution in [-0.2, 0) is 4.79 Å². The summed E-state index contributed by atoms with van der Waals surface area (Å²) in [6, 6.07) is 13.7. The van der Waals surface area contributed by atoms with Crippen LogP contribution < -0.4 is 15.9 Å². The van der Waals surface area contributed by atoms with Crippen molar-refractivity contribution in [2.24, 2.45) is 10.1 Å². The van der Waals surface area contributed by atoms with E-state index in [0.717, 1.165) is 25.0 Å². The lowest BCUT2D eigenvalue weighted by atomic mass is 10.1. The number of carbonyl (C=O) groups is 1. The highest BCUT2D eigenvalue weighted by atomic mass is 32.2. The first-order valence-electron chi connectivity index (χ1n) is 9.82. The molecule has 0 unspecified atom stereocenters. The van der Waals surface area contributed by atoms with Crippen molar-refractivity contribution in [2.75, 3.05) is 5.75 Å². The Labute approximate surface area is 177 Å². The number of nitrogens with one attached hydrogen (secondary N) is 1. The van der Waals surface area contributed by atoms with Crippen LogP contribution in [-0.4, -0.2) is 26.8 Å². The first-order chi connectivity index (χ1) is 14.6. The lowest BCUT2D eigenvalue weighted by Gasteiger charge is -2.34. The number of amidine groups is 1. The summed E-state index contributed by atoms with van der Waals surface area (Å²) in [6.07, 6.45) is 2.61. The van der Waals surface area contributed by atoms with Gasteiger partial charge in [-0.15, -0.1) is 5.10 Å². The van der Waals surface area contributed by atoms with Gasteiger partial charge in [0.1, 0.15) is 5.70 Å². The highest BCUT2D eigenvalue weighted by Crippen LogP contribution is 2.32. The molecule has 2 heterocycles. The number of para-hydroxylation sites is 1. The lowest BCUT2D eigenvalue weighted by Crippen LogP contribution is -2.50. The predicted octanol–water partition coefficient (Wildman–Crippen LogP) is 2.66. The Morgan fingerprint density at radius 3 is 2.83 bits per heavy atom. The number of hydrogen-bond donors (Lipinski definition) is 1. The molecule has 2 aliphatic heterocycles. The summed E-state index contributed by atoms with van der Waals surface area (Å²) >= 11 is 1.50. The number of amides is 1. The minimum absolute atomic E-state index is 0.0253. The van der Waals surface area contributed by atoms with E-state index >= 15 is 0 Å². The first-order valence-corrected chi connectivity index (χ1v) is 10.8. The van der Waals surface area contributed by atoms with Gasteiger partial charge in [-0.2, -0.15) is 0 Å². The number of carbonyl (C=O) groups excluding carboxylic acids is 1.